The Morgan fingerprint density at radius 1 is 1.33 bits per heavy atom. The summed E-state index contributed by atoms with van der Waals surface area (Å²) in [6, 6.07) is 6.07. The van der Waals surface area contributed by atoms with Crippen LogP contribution >= 0.6 is 0 Å². The number of hydrogen-bond donors (Lipinski definition) is 1. The van der Waals surface area contributed by atoms with Gasteiger partial charge in [-0.15, -0.1) is 0 Å². The highest BCUT2D eigenvalue weighted by Crippen LogP contribution is 2.28. The fourth-order valence-electron chi connectivity index (χ4n) is 1.65. The fraction of sp³-hybridized carbons (Fsp3) is 0.500. The van der Waals surface area contributed by atoms with Crippen LogP contribution in [0.3, 0.4) is 0 Å². The second kappa shape index (κ2) is 5.03. The number of hydrogen-bond acceptors (Lipinski definition) is 3. The standard InChI is InChI=1S/C12H17NO2/c1-2-3-4-7-13-11-5-6-12-10(8-11)9-14-15-12/h5-6,8,13H,2-4,7,9H2,1H3. The van der Waals surface area contributed by atoms with Crippen LogP contribution in [0.2, 0.25) is 0 Å². The molecule has 0 saturated carbocycles. The quantitative estimate of drug-likeness (QED) is 0.594. The van der Waals surface area contributed by atoms with Crippen LogP contribution in [0.15, 0.2) is 18.2 Å². The Kier molecular flexibility index (Phi) is 3.45. The highest BCUT2D eigenvalue weighted by molar-refractivity contribution is 5.51. The van der Waals surface area contributed by atoms with E-state index in [0.29, 0.717) is 6.61 Å². The van der Waals surface area contributed by atoms with Gasteiger partial charge in [0.2, 0.25) is 0 Å². The summed E-state index contributed by atoms with van der Waals surface area (Å²) in [5.74, 6) is 0.842. The molecule has 1 heterocycles. The lowest BCUT2D eigenvalue weighted by Gasteiger charge is -2.06. The predicted molar refractivity (Wildman–Crippen MR) is 59.9 cm³/mol. The molecule has 0 aromatic heterocycles. The largest absolute Gasteiger partial charge is 0.385 e. The normalized spacial score (nSPS) is 13.4. The molecule has 0 spiro atoms. The van der Waals surface area contributed by atoms with Gasteiger partial charge in [-0.3, -0.25) is 0 Å². The van der Waals surface area contributed by atoms with E-state index in [4.69, 9.17) is 9.78 Å². The molecular formula is C12H17NO2. The van der Waals surface area contributed by atoms with E-state index in [0.717, 1.165) is 23.5 Å². The van der Waals surface area contributed by atoms with E-state index in [9.17, 15) is 0 Å². The van der Waals surface area contributed by atoms with Crippen LogP contribution in [-0.4, -0.2) is 6.54 Å². The molecule has 1 aromatic carbocycles. The molecule has 0 bridgehead atoms. The van der Waals surface area contributed by atoms with E-state index >= 15 is 0 Å². The fourth-order valence-corrected chi connectivity index (χ4v) is 1.65. The Balaban J connectivity index is 1.87. The van der Waals surface area contributed by atoms with Gasteiger partial charge in [-0.25, -0.2) is 0 Å². The van der Waals surface area contributed by atoms with Crippen molar-refractivity contribution in [3.05, 3.63) is 23.8 Å². The van der Waals surface area contributed by atoms with Crippen LogP contribution in [0.25, 0.3) is 0 Å². The second-order valence-electron chi connectivity index (χ2n) is 3.80. The summed E-state index contributed by atoms with van der Waals surface area (Å²) < 4.78 is 0. The predicted octanol–water partition coefficient (Wildman–Crippen LogP) is 3.11. The summed E-state index contributed by atoms with van der Waals surface area (Å²) in [5, 5.41) is 3.40. The van der Waals surface area contributed by atoms with Crippen molar-refractivity contribution in [2.75, 3.05) is 11.9 Å². The molecule has 0 atom stereocenters. The van der Waals surface area contributed by atoms with Gasteiger partial charge in [-0.2, -0.15) is 4.89 Å². The van der Waals surface area contributed by atoms with Crippen molar-refractivity contribution in [1.29, 1.82) is 0 Å². The van der Waals surface area contributed by atoms with E-state index in [1.807, 2.05) is 12.1 Å². The third-order valence-electron chi connectivity index (χ3n) is 2.53. The van der Waals surface area contributed by atoms with E-state index in [2.05, 4.69) is 18.3 Å². The van der Waals surface area contributed by atoms with Crippen molar-refractivity contribution >= 4 is 5.69 Å². The lowest BCUT2D eigenvalue weighted by atomic mass is 10.2. The zero-order valence-electron chi connectivity index (χ0n) is 9.08. The molecule has 0 unspecified atom stereocenters. The van der Waals surface area contributed by atoms with Gasteiger partial charge < -0.3 is 10.2 Å². The Morgan fingerprint density at radius 2 is 2.27 bits per heavy atom. The van der Waals surface area contributed by atoms with Crippen LogP contribution in [0, 0.1) is 0 Å². The average molecular weight is 207 g/mol. The maximum atomic E-state index is 4.97. The number of fused-ring (bicyclic) bond motifs is 1. The number of anilines is 1. The van der Waals surface area contributed by atoms with Crippen LogP contribution in [0.4, 0.5) is 5.69 Å². The highest BCUT2D eigenvalue weighted by Gasteiger charge is 2.13. The molecule has 2 rings (SSSR count). The van der Waals surface area contributed by atoms with Crippen molar-refractivity contribution in [2.45, 2.75) is 32.8 Å². The molecule has 0 aliphatic carbocycles. The Morgan fingerprint density at radius 3 is 3.13 bits per heavy atom. The van der Waals surface area contributed by atoms with Crippen molar-refractivity contribution in [1.82, 2.24) is 0 Å². The van der Waals surface area contributed by atoms with E-state index < -0.39 is 0 Å². The Hall–Kier alpha value is -1.22. The molecule has 0 saturated heterocycles. The van der Waals surface area contributed by atoms with Gasteiger partial charge in [0.1, 0.15) is 6.61 Å². The van der Waals surface area contributed by atoms with Gasteiger partial charge in [-0.05, 0) is 24.6 Å². The van der Waals surface area contributed by atoms with Gasteiger partial charge in [0.25, 0.3) is 0 Å². The van der Waals surface area contributed by atoms with Gasteiger partial charge >= 0.3 is 0 Å². The first kappa shape index (κ1) is 10.3. The molecule has 0 fully saturated rings. The monoisotopic (exact) mass is 207 g/mol. The first-order chi connectivity index (χ1) is 7.40. The summed E-state index contributed by atoms with van der Waals surface area (Å²) >= 11 is 0. The Bertz CT molecular complexity index is 325. The molecule has 1 aromatic rings. The van der Waals surface area contributed by atoms with Crippen LogP contribution in [0.1, 0.15) is 31.7 Å². The Labute approximate surface area is 90.3 Å². The molecule has 0 amide bonds. The summed E-state index contributed by atoms with van der Waals surface area (Å²) in [4.78, 5) is 9.85. The SMILES string of the molecule is CCCCCNc1ccc2c(c1)COO2. The van der Waals surface area contributed by atoms with E-state index in [-0.39, 0.29) is 0 Å². The molecule has 1 aliphatic rings. The number of benzene rings is 1. The van der Waals surface area contributed by atoms with Crippen LogP contribution in [0.5, 0.6) is 5.75 Å². The minimum atomic E-state index is 0.555. The highest BCUT2D eigenvalue weighted by atomic mass is 17.2. The van der Waals surface area contributed by atoms with Crippen molar-refractivity contribution in [2.24, 2.45) is 0 Å². The van der Waals surface area contributed by atoms with E-state index in [1.165, 1.54) is 19.3 Å². The lowest BCUT2D eigenvalue weighted by Crippen LogP contribution is -2.01. The molecule has 1 N–H and O–H groups in total. The number of unbranched alkanes of at least 4 members (excludes halogenated alkanes) is 2. The zero-order chi connectivity index (χ0) is 10.5. The van der Waals surface area contributed by atoms with Crippen LogP contribution in [-0.2, 0) is 11.5 Å². The maximum absolute atomic E-state index is 4.97. The molecular weight excluding hydrogens is 190 g/mol. The molecule has 1 aliphatic heterocycles. The lowest BCUT2D eigenvalue weighted by molar-refractivity contribution is -0.194. The zero-order valence-corrected chi connectivity index (χ0v) is 9.08. The number of rotatable bonds is 5. The summed E-state index contributed by atoms with van der Waals surface area (Å²) in [5.41, 5.74) is 2.27. The smallest absolute Gasteiger partial charge is 0.171 e. The minimum Gasteiger partial charge on any atom is -0.385 e. The van der Waals surface area contributed by atoms with Gasteiger partial charge in [-0.1, -0.05) is 19.8 Å². The molecule has 15 heavy (non-hydrogen) atoms. The summed E-state index contributed by atoms with van der Waals surface area (Å²) in [6.45, 7) is 3.80. The maximum Gasteiger partial charge on any atom is 0.171 e. The van der Waals surface area contributed by atoms with Crippen molar-refractivity contribution < 1.29 is 9.78 Å². The van der Waals surface area contributed by atoms with Crippen molar-refractivity contribution in [3.8, 4) is 5.75 Å². The average Bonchev–Trinajstić information content (AvgIpc) is 2.71. The summed E-state index contributed by atoms with van der Waals surface area (Å²) in [6.07, 6.45) is 3.76. The van der Waals surface area contributed by atoms with Crippen LogP contribution < -0.4 is 10.2 Å². The summed E-state index contributed by atoms with van der Waals surface area (Å²) in [7, 11) is 0. The van der Waals surface area contributed by atoms with Gasteiger partial charge in [0.15, 0.2) is 5.75 Å². The molecule has 3 nitrogen and oxygen atoms in total. The topological polar surface area (TPSA) is 30.5 Å². The molecule has 82 valence electrons. The first-order valence-electron chi connectivity index (χ1n) is 5.56. The molecule has 3 heteroatoms. The first-order valence-corrected chi connectivity index (χ1v) is 5.56. The van der Waals surface area contributed by atoms with E-state index in [1.54, 1.807) is 0 Å². The third kappa shape index (κ3) is 2.63. The number of nitrogens with one attached hydrogen (secondary N) is 1. The van der Waals surface area contributed by atoms with Crippen molar-refractivity contribution in [3.63, 3.8) is 0 Å². The van der Waals surface area contributed by atoms with Gasteiger partial charge in [0, 0.05) is 17.8 Å². The third-order valence-corrected chi connectivity index (χ3v) is 2.53. The molecule has 0 radical (unpaired) electrons. The second-order valence-corrected chi connectivity index (χ2v) is 3.80. The minimum absolute atomic E-state index is 0.555. The van der Waals surface area contributed by atoms with Gasteiger partial charge in [0.05, 0.1) is 0 Å².